The van der Waals surface area contributed by atoms with Gasteiger partial charge in [-0.3, -0.25) is 0 Å². The Morgan fingerprint density at radius 1 is 0.852 bits per heavy atom. The van der Waals surface area contributed by atoms with Gasteiger partial charge in [0.25, 0.3) is 0 Å². The van der Waals surface area contributed by atoms with Crippen molar-refractivity contribution in [3.63, 3.8) is 0 Å². The molecule has 0 saturated carbocycles. The zero-order valence-electron chi connectivity index (χ0n) is 15.0. The lowest BCUT2D eigenvalue weighted by Crippen LogP contribution is -1.89. The van der Waals surface area contributed by atoms with Crippen LogP contribution >= 0.6 is 23.5 Å². The van der Waals surface area contributed by atoms with Crippen LogP contribution in [0.1, 0.15) is 22.3 Å². The van der Waals surface area contributed by atoms with E-state index in [1.165, 1.54) is 26.5 Å². The van der Waals surface area contributed by atoms with Crippen LogP contribution in [0.15, 0.2) is 76.5 Å². The van der Waals surface area contributed by atoms with Gasteiger partial charge >= 0.3 is 0 Å². The number of hydrogen-bond acceptors (Lipinski definition) is 3. The van der Waals surface area contributed by atoms with E-state index in [1.54, 1.807) is 23.5 Å². The Morgan fingerprint density at radius 2 is 1.37 bits per heavy atom. The SMILES string of the molecule is [C-]#[N+]c1ccc(SCc2cc(C)cc(CSc3ccc(C#N)cc3)c2)cc1. The molecule has 3 aromatic carbocycles. The molecule has 0 fully saturated rings. The molecule has 0 atom stereocenters. The predicted molar refractivity (Wildman–Crippen MR) is 114 cm³/mol. The molecule has 3 aromatic rings. The van der Waals surface area contributed by atoms with Crippen molar-refractivity contribution in [1.82, 2.24) is 0 Å². The van der Waals surface area contributed by atoms with Gasteiger partial charge in [0, 0.05) is 21.3 Å². The van der Waals surface area contributed by atoms with E-state index in [4.69, 9.17) is 11.8 Å². The van der Waals surface area contributed by atoms with E-state index in [1.807, 2.05) is 48.5 Å². The van der Waals surface area contributed by atoms with E-state index in [0.29, 0.717) is 11.3 Å². The van der Waals surface area contributed by atoms with Crippen LogP contribution in [0, 0.1) is 24.8 Å². The molecule has 0 aliphatic rings. The summed E-state index contributed by atoms with van der Waals surface area (Å²) in [6.45, 7) is 9.16. The van der Waals surface area contributed by atoms with E-state index in [-0.39, 0.29) is 0 Å². The fourth-order valence-corrected chi connectivity index (χ4v) is 4.35. The maximum atomic E-state index is 8.88. The number of benzene rings is 3. The van der Waals surface area contributed by atoms with Gasteiger partial charge in [-0.1, -0.05) is 48.0 Å². The molecule has 0 spiro atoms. The topological polar surface area (TPSA) is 28.1 Å². The Kier molecular flexibility index (Phi) is 6.60. The highest BCUT2D eigenvalue weighted by Gasteiger charge is 2.03. The van der Waals surface area contributed by atoms with Crippen molar-refractivity contribution < 1.29 is 0 Å². The van der Waals surface area contributed by atoms with Gasteiger partial charge in [-0.05, 0) is 42.3 Å². The number of hydrogen-bond donors (Lipinski definition) is 0. The Hall–Kier alpha value is -2.66. The van der Waals surface area contributed by atoms with E-state index >= 15 is 0 Å². The van der Waals surface area contributed by atoms with Gasteiger partial charge in [0.15, 0.2) is 5.69 Å². The molecule has 0 aliphatic heterocycles. The van der Waals surface area contributed by atoms with Gasteiger partial charge < -0.3 is 0 Å². The zero-order valence-corrected chi connectivity index (χ0v) is 16.6. The third kappa shape index (κ3) is 5.66. The highest BCUT2D eigenvalue weighted by atomic mass is 32.2. The molecule has 0 saturated heterocycles. The molecule has 0 radical (unpaired) electrons. The third-order valence-electron chi connectivity index (χ3n) is 3.96. The fourth-order valence-electron chi connectivity index (χ4n) is 2.69. The van der Waals surface area contributed by atoms with Crippen molar-refractivity contribution in [3.8, 4) is 6.07 Å². The van der Waals surface area contributed by atoms with Crippen LogP contribution in [0.4, 0.5) is 5.69 Å². The smallest absolute Gasteiger partial charge is 0.187 e. The molecule has 27 heavy (non-hydrogen) atoms. The van der Waals surface area contributed by atoms with Crippen molar-refractivity contribution in [2.24, 2.45) is 0 Å². The van der Waals surface area contributed by atoms with Crippen LogP contribution in [0.5, 0.6) is 0 Å². The normalized spacial score (nSPS) is 10.2. The molecule has 0 amide bonds. The number of aryl methyl sites for hydroxylation is 1. The molecule has 4 heteroatoms. The first-order valence-corrected chi connectivity index (χ1v) is 10.5. The number of thioether (sulfide) groups is 2. The first kappa shape index (κ1) is 19.1. The van der Waals surface area contributed by atoms with Crippen molar-refractivity contribution in [2.45, 2.75) is 28.2 Å². The van der Waals surface area contributed by atoms with Crippen molar-refractivity contribution in [3.05, 3.63) is 100 Å². The summed E-state index contributed by atoms with van der Waals surface area (Å²) in [7, 11) is 0. The summed E-state index contributed by atoms with van der Waals surface area (Å²) in [5.41, 5.74) is 5.26. The Bertz CT molecular complexity index is 915. The summed E-state index contributed by atoms with van der Waals surface area (Å²) in [6.07, 6.45) is 0. The minimum atomic E-state index is 0.678. The first-order valence-electron chi connectivity index (χ1n) is 8.49. The minimum Gasteiger partial charge on any atom is -0.238 e. The molecule has 3 rings (SSSR count). The summed E-state index contributed by atoms with van der Waals surface area (Å²) in [4.78, 5) is 5.78. The Balaban J connectivity index is 1.62. The predicted octanol–water partition coefficient (Wildman–Crippen LogP) is 7.00. The van der Waals surface area contributed by atoms with Gasteiger partial charge in [0.1, 0.15) is 0 Å². The van der Waals surface area contributed by atoms with Crippen molar-refractivity contribution in [2.75, 3.05) is 0 Å². The van der Waals surface area contributed by atoms with Crippen LogP contribution in [0.2, 0.25) is 0 Å². The number of rotatable bonds is 6. The molecule has 0 aromatic heterocycles. The summed E-state index contributed by atoms with van der Waals surface area (Å²) in [5.74, 6) is 1.82. The van der Waals surface area contributed by atoms with Crippen molar-refractivity contribution >= 4 is 29.2 Å². The summed E-state index contributed by atoms with van der Waals surface area (Å²) in [5, 5.41) is 8.88. The Labute approximate surface area is 169 Å². The summed E-state index contributed by atoms with van der Waals surface area (Å²) in [6, 6.07) is 24.4. The summed E-state index contributed by atoms with van der Waals surface area (Å²) >= 11 is 3.57. The standard InChI is InChI=1S/C23H18N2S2/c1-17-11-19(15-26-22-7-3-18(14-24)4-8-22)13-20(12-17)16-27-23-9-5-21(25-2)6-10-23/h3-13H,15-16H2,1H3. The second-order valence-electron chi connectivity index (χ2n) is 6.15. The van der Waals surface area contributed by atoms with Crippen LogP contribution in [-0.4, -0.2) is 0 Å². The van der Waals surface area contributed by atoms with Crippen LogP contribution < -0.4 is 0 Å². The largest absolute Gasteiger partial charge is 0.238 e. The Morgan fingerprint density at radius 3 is 1.85 bits per heavy atom. The van der Waals surface area contributed by atoms with Crippen LogP contribution in [0.25, 0.3) is 4.85 Å². The van der Waals surface area contributed by atoms with E-state index in [9.17, 15) is 0 Å². The highest BCUT2D eigenvalue weighted by molar-refractivity contribution is 7.98. The summed E-state index contributed by atoms with van der Waals surface area (Å²) < 4.78 is 0. The van der Waals surface area contributed by atoms with Gasteiger partial charge in [0.2, 0.25) is 0 Å². The lowest BCUT2D eigenvalue weighted by atomic mass is 10.1. The average Bonchev–Trinajstić information content (AvgIpc) is 2.71. The molecular formula is C23H18N2S2. The third-order valence-corrected chi connectivity index (χ3v) is 6.12. The second kappa shape index (κ2) is 9.33. The molecule has 132 valence electrons. The molecule has 0 bridgehead atoms. The number of nitrogens with zero attached hydrogens (tertiary/aromatic N) is 2. The van der Waals surface area contributed by atoms with E-state index in [0.717, 1.165) is 11.5 Å². The molecule has 0 N–H and O–H groups in total. The maximum Gasteiger partial charge on any atom is 0.187 e. The maximum absolute atomic E-state index is 8.88. The quantitative estimate of drug-likeness (QED) is 0.337. The van der Waals surface area contributed by atoms with E-state index in [2.05, 4.69) is 36.0 Å². The first-order chi connectivity index (χ1) is 13.2. The number of nitriles is 1. The van der Waals surface area contributed by atoms with Gasteiger partial charge in [0.05, 0.1) is 18.2 Å². The lowest BCUT2D eigenvalue weighted by Gasteiger charge is -2.08. The molecular weight excluding hydrogens is 368 g/mol. The van der Waals surface area contributed by atoms with Crippen LogP contribution in [-0.2, 0) is 11.5 Å². The van der Waals surface area contributed by atoms with E-state index < -0.39 is 0 Å². The monoisotopic (exact) mass is 386 g/mol. The van der Waals surface area contributed by atoms with Gasteiger partial charge in [-0.15, -0.1) is 23.5 Å². The van der Waals surface area contributed by atoms with Crippen molar-refractivity contribution in [1.29, 1.82) is 5.26 Å². The minimum absolute atomic E-state index is 0.678. The molecule has 0 unspecified atom stereocenters. The molecule has 2 nitrogen and oxygen atoms in total. The zero-order chi connectivity index (χ0) is 19.1. The molecule has 0 aliphatic carbocycles. The molecule has 0 heterocycles. The van der Waals surface area contributed by atoms with Gasteiger partial charge in [-0.25, -0.2) is 4.85 Å². The average molecular weight is 387 g/mol. The lowest BCUT2D eigenvalue weighted by molar-refractivity contribution is 1.27. The highest BCUT2D eigenvalue weighted by Crippen LogP contribution is 2.28. The van der Waals surface area contributed by atoms with Gasteiger partial charge in [-0.2, -0.15) is 5.26 Å². The second-order valence-corrected chi connectivity index (χ2v) is 8.24. The fraction of sp³-hybridized carbons (Fsp3) is 0.130. The van der Waals surface area contributed by atoms with Crippen LogP contribution in [0.3, 0.4) is 0 Å².